The van der Waals surface area contributed by atoms with E-state index in [4.69, 9.17) is 4.74 Å². The minimum absolute atomic E-state index is 0.561. The van der Waals surface area contributed by atoms with Crippen LogP contribution in [0, 0.1) is 18.8 Å². The number of aryl methyl sites for hydroxylation is 1. The van der Waals surface area contributed by atoms with E-state index in [1.807, 2.05) is 0 Å². The number of benzene rings is 1. The van der Waals surface area contributed by atoms with Crippen molar-refractivity contribution in [2.45, 2.75) is 32.7 Å². The second kappa shape index (κ2) is 6.35. The van der Waals surface area contributed by atoms with Gasteiger partial charge in [-0.3, -0.25) is 0 Å². The van der Waals surface area contributed by atoms with Crippen molar-refractivity contribution < 1.29 is 4.74 Å². The third kappa shape index (κ3) is 3.33. The van der Waals surface area contributed by atoms with Gasteiger partial charge in [0.05, 0.1) is 0 Å². The van der Waals surface area contributed by atoms with Crippen LogP contribution in [0.3, 0.4) is 0 Å². The molecule has 1 aromatic rings. The van der Waals surface area contributed by atoms with Crippen molar-refractivity contribution in [1.29, 1.82) is 0 Å². The summed E-state index contributed by atoms with van der Waals surface area (Å²) in [5, 5.41) is 3.51. The molecule has 3 atom stereocenters. The lowest BCUT2D eigenvalue weighted by atomic mass is 9.81. The molecular weight excluding hydrogens is 222 g/mol. The lowest BCUT2D eigenvalue weighted by Crippen LogP contribution is -2.42. The maximum absolute atomic E-state index is 5.55. The molecule has 1 aliphatic rings. The normalized spacial score (nSPS) is 25.9. The molecule has 3 unspecified atom stereocenters. The largest absolute Gasteiger partial charge is 0.381 e. The highest BCUT2D eigenvalue weighted by Crippen LogP contribution is 2.26. The topological polar surface area (TPSA) is 21.3 Å². The summed E-state index contributed by atoms with van der Waals surface area (Å²) in [6.45, 7) is 6.30. The van der Waals surface area contributed by atoms with E-state index < -0.39 is 0 Å². The molecule has 100 valence electrons. The highest BCUT2D eigenvalue weighted by Gasteiger charge is 2.28. The Balaban J connectivity index is 2.04. The second-order valence-corrected chi connectivity index (χ2v) is 5.59. The lowest BCUT2D eigenvalue weighted by Gasteiger charge is -2.35. The van der Waals surface area contributed by atoms with Crippen LogP contribution in [0.25, 0.3) is 0 Å². The fourth-order valence-corrected chi connectivity index (χ4v) is 3.06. The lowest BCUT2D eigenvalue weighted by molar-refractivity contribution is 0.0119. The zero-order valence-corrected chi connectivity index (χ0v) is 11.8. The number of rotatable bonds is 4. The van der Waals surface area contributed by atoms with E-state index in [-0.39, 0.29) is 0 Å². The van der Waals surface area contributed by atoms with Crippen molar-refractivity contribution in [3.8, 4) is 0 Å². The summed E-state index contributed by atoms with van der Waals surface area (Å²) in [4.78, 5) is 0. The zero-order chi connectivity index (χ0) is 13.0. The van der Waals surface area contributed by atoms with Crippen molar-refractivity contribution in [1.82, 2.24) is 5.32 Å². The van der Waals surface area contributed by atoms with Gasteiger partial charge in [-0.15, -0.1) is 0 Å². The van der Waals surface area contributed by atoms with E-state index in [2.05, 4.69) is 50.5 Å². The summed E-state index contributed by atoms with van der Waals surface area (Å²) in [6, 6.07) is 9.42. The highest BCUT2D eigenvalue weighted by atomic mass is 16.5. The monoisotopic (exact) mass is 247 g/mol. The van der Waals surface area contributed by atoms with Gasteiger partial charge in [-0.05, 0) is 44.2 Å². The summed E-state index contributed by atoms with van der Waals surface area (Å²) < 4.78 is 5.55. The Kier molecular flexibility index (Phi) is 4.79. The van der Waals surface area contributed by atoms with E-state index in [0.717, 1.165) is 25.6 Å². The van der Waals surface area contributed by atoms with Crippen LogP contribution in [-0.2, 0) is 11.2 Å². The third-order valence-electron chi connectivity index (χ3n) is 4.13. The van der Waals surface area contributed by atoms with Gasteiger partial charge in [0.2, 0.25) is 0 Å². The standard InChI is InChI=1S/C16H25NO/c1-12-5-4-6-14(9-12)10-16(17-3)15-7-8-18-11-13(15)2/h4-6,9,13,15-17H,7-8,10-11H2,1-3H3. The zero-order valence-electron chi connectivity index (χ0n) is 11.8. The van der Waals surface area contributed by atoms with E-state index >= 15 is 0 Å². The molecule has 18 heavy (non-hydrogen) atoms. The van der Waals surface area contributed by atoms with Gasteiger partial charge in [-0.25, -0.2) is 0 Å². The quantitative estimate of drug-likeness (QED) is 0.883. The van der Waals surface area contributed by atoms with Gasteiger partial charge in [0.25, 0.3) is 0 Å². The third-order valence-corrected chi connectivity index (χ3v) is 4.13. The number of nitrogens with one attached hydrogen (secondary N) is 1. The molecule has 1 heterocycles. The minimum atomic E-state index is 0.561. The Morgan fingerprint density at radius 3 is 2.94 bits per heavy atom. The summed E-state index contributed by atoms with van der Waals surface area (Å²) in [5.74, 6) is 1.38. The Morgan fingerprint density at radius 2 is 2.28 bits per heavy atom. The predicted molar refractivity (Wildman–Crippen MR) is 75.8 cm³/mol. The fraction of sp³-hybridized carbons (Fsp3) is 0.625. The molecule has 1 N–H and O–H groups in total. The predicted octanol–water partition coefficient (Wildman–Crippen LogP) is 2.80. The summed E-state index contributed by atoms with van der Waals surface area (Å²) in [5.41, 5.74) is 2.79. The molecule has 1 saturated heterocycles. The smallest absolute Gasteiger partial charge is 0.0494 e. The Bertz CT molecular complexity index is 377. The molecule has 0 radical (unpaired) electrons. The van der Waals surface area contributed by atoms with E-state index in [0.29, 0.717) is 12.0 Å². The van der Waals surface area contributed by atoms with Crippen LogP contribution < -0.4 is 5.32 Å². The van der Waals surface area contributed by atoms with Crippen molar-refractivity contribution in [3.63, 3.8) is 0 Å². The van der Waals surface area contributed by atoms with Crippen LogP contribution in [0.1, 0.15) is 24.5 Å². The first kappa shape index (κ1) is 13.6. The highest BCUT2D eigenvalue weighted by molar-refractivity contribution is 5.23. The summed E-state index contributed by atoms with van der Waals surface area (Å²) >= 11 is 0. The molecule has 0 spiro atoms. The number of likely N-dealkylation sites (N-methyl/N-ethyl adjacent to an activating group) is 1. The molecule has 0 bridgehead atoms. The summed E-state index contributed by atoms with van der Waals surface area (Å²) in [7, 11) is 2.09. The molecule has 0 aliphatic carbocycles. The molecule has 2 heteroatoms. The second-order valence-electron chi connectivity index (χ2n) is 5.59. The fourth-order valence-electron chi connectivity index (χ4n) is 3.06. The Hall–Kier alpha value is -0.860. The first-order valence-electron chi connectivity index (χ1n) is 7.01. The minimum Gasteiger partial charge on any atom is -0.381 e. The molecule has 1 fully saturated rings. The van der Waals surface area contributed by atoms with Gasteiger partial charge >= 0.3 is 0 Å². The van der Waals surface area contributed by atoms with E-state index in [9.17, 15) is 0 Å². The maximum atomic E-state index is 5.55. The first-order valence-corrected chi connectivity index (χ1v) is 7.01. The van der Waals surface area contributed by atoms with E-state index in [1.165, 1.54) is 17.5 Å². The van der Waals surface area contributed by atoms with Crippen LogP contribution in [0.15, 0.2) is 24.3 Å². The van der Waals surface area contributed by atoms with Crippen LogP contribution >= 0.6 is 0 Å². The Labute approximate surface area is 111 Å². The van der Waals surface area contributed by atoms with Crippen LogP contribution in [0.4, 0.5) is 0 Å². The molecule has 1 aromatic carbocycles. The molecule has 2 rings (SSSR count). The Morgan fingerprint density at radius 1 is 1.44 bits per heavy atom. The first-order chi connectivity index (χ1) is 8.70. The molecule has 0 amide bonds. The van der Waals surface area contributed by atoms with Crippen LogP contribution in [0.2, 0.25) is 0 Å². The number of ether oxygens (including phenoxy) is 1. The molecule has 2 nitrogen and oxygen atoms in total. The van der Waals surface area contributed by atoms with Crippen molar-refractivity contribution in [2.75, 3.05) is 20.3 Å². The summed E-state index contributed by atoms with van der Waals surface area (Å²) in [6.07, 6.45) is 2.30. The average Bonchev–Trinajstić information content (AvgIpc) is 2.37. The molecule has 1 aliphatic heterocycles. The average molecular weight is 247 g/mol. The molecule has 0 aromatic heterocycles. The van der Waals surface area contributed by atoms with Gasteiger partial charge < -0.3 is 10.1 Å². The van der Waals surface area contributed by atoms with Crippen molar-refractivity contribution >= 4 is 0 Å². The van der Waals surface area contributed by atoms with Gasteiger partial charge in [0, 0.05) is 19.3 Å². The van der Waals surface area contributed by atoms with Crippen LogP contribution in [0.5, 0.6) is 0 Å². The van der Waals surface area contributed by atoms with Gasteiger partial charge in [-0.2, -0.15) is 0 Å². The molecular formula is C16H25NO. The number of hydrogen-bond acceptors (Lipinski definition) is 2. The van der Waals surface area contributed by atoms with E-state index in [1.54, 1.807) is 0 Å². The SMILES string of the molecule is CNC(Cc1cccc(C)c1)C1CCOCC1C. The van der Waals surface area contributed by atoms with Gasteiger partial charge in [0.1, 0.15) is 0 Å². The van der Waals surface area contributed by atoms with Crippen LogP contribution in [-0.4, -0.2) is 26.3 Å². The van der Waals surface area contributed by atoms with Gasteiger partial charge in [-0.1, -0.05) is 36.8 Å². The van der Waals surface area contributed by atoms with Crippen molar-refractivity contribution in [2.24, 2.45) is 11.8 Å². The van der Waals surface area contributed by atoms with Gasteiger partial charge in [0.15, 0.2) is 0 Å². The number of hydrogen-bond donors (Lipinski definition) is 1. The van der Waals surface area contributed by atoms with Crippen molar-refractivity contribution in [3.05, 3.63) is 35.4 Å². The maximum Gasteiger partial charge on any atom is 0.0494 e. The molecule has 0 saturated carbocycles.